The predicted molar refractivity (Wildman–Crippen MR) is 72.0 cm³/mol. The van der Waals surface area contributed by atoms with Gasteiger partial charge in [0.15, 0.2) is 0 Å². The third-order valence-corrected chi connectivity index (χ3v) is 4.45. The first-order valence-electron chi connectivity index (χ1n) is 6.53. The van der Waals surface area contributed by atoms with Gasteiger partial charge in [0.1, 0.15) is 5.84 Å². The van der Waals surface area contributed by atoms with E-state index in [0.717, 1.165) is 5.84 Å². The first kappa shape index (κ1) is 10.8. The molecule has 0 saturated carbocycles. The fourth-order valence-corrected chi connectivity index (χ4v) is 3.53. The van der Waals surface area contributed by atoms with Crippen LogP contribution in [0.15, 0.2) is 4.99 Å². The van der Waals surface area contributed by atoms with E-state index >= 15 is 0 Å². The van der Waals surface area contributed by atoms with Crippen LogP contribution in [-0.2, 0) is 12.8 Å². The molecular weight excluding hydrogens is 208 g/mol. The SMILES string of the molecule is CN=C1NC(C)c2c3c(c(C)c(C)c21)CCC3. The monoisotopic (exact) mass is 228 g/mol. The van der Waals surface area contributed by atoms with Gasteiger partial charge in [0.25, 0.3) is 0 Å². The summed E-state index contributed by atoms with van der Waals surface area (Å²) >= 11 is 0. The van der Waals surface area contributed by atoms with Crippen LogP contribution in [0.4, 0.5) is 0 Å². The van der Waals surface area contributed by atoms with Crippen LogP contribution in [0, 0.1) is 13.8 Å². The van der Waals surface area contributed by atoms with E-state index < -0.39 is 0 Å². The highest BCUT2D eigenvalue weighted by Gasteiger charge is 2.32. The standard InChI is InChI=1S/C15H20N2/c1-8-9(2)13-14(10(3)17-15(13)16-4)12-7-5-6-11(8)12/h10H,5-7H2,1-4H3,(H,16,17). The molecule has 1 aliphatic carbocycles. The van der Waals surface area contributed by atoms with Gasteiger partial charge in [0.05, 0.1) is 6.04 Å². The van der Waals surface area contributed by atoms with Gasteiger partial charge in [-0.1, -0.05) is 0 Å². The number of aliphatic imine (C=N–C) groups is 1. The van der Waals surface area contributed by atoms with Gasteiger partial charge in [-0.3, -0.25) is 4.99 Å². The van der Waals surface area contributed by atoms with Crippen LogP contribution in [-0.4, -0.2) is 12.9 Å². The Balaban J connectivity index is 2.38. The number of amidine groups is 1. The fourth-order valence-electron chi connectivity index (χ4n) is 3.53. The first-order chi connectivity index (χ1) is 8.15. The van der Waals surface area contributed by atoms with Crippen LogP contribution in [0.1, 0.15) is 52.8 Å². The highest BCUT2D eigenvalue weighted by molar-refractivity contribution is 6.05. The van der Waals surface area contributed by atoms with E-state index in [9.17, 15) is 0 Å². The number of hydrogen-bond donors (Lipinski definition) is 1. The Bertz CT molecular complexity index is 526. The van der Waals surface area contributed by atoms with Gasteiger partial charge in [-0.05, 0) is 67.9 Å². The van der Waals surface area contributed by atoms with E-state index in [1.165, 1.54) is 41.5 Å². The molecule has 1 aromatic carbocycles. The van der Waals surface area contributed by atoms with E-state index in [0.29, 0.717) is 6.04 Å². The molecule has 0 fully saturated rings. The second-order valence-corrected chi connectivity index (χ2v) is 5.29. The molecule has 1 atom stereocenters. The second-order valence-electron chi connectivity index (χ2n) is 5.29. The normalized spacial score (nSPS) is 23.8. The molecule has 2 heteroatoms. The third-order valence-electron chi connectivity index (χ3n) is 4.45. The van der Waals surface area contributed by atoms with Crippen molar-refractivity contribution in [3.63, 3.8) is 0 Å². The van der Waals surface area contributed by atoms with Crippen LogP contribution < -0.4 is 5.32 Å². The smallest absolute Gasteiger partial charge is 0.129 e. The number of rotatable bonds is 0. The van der Waals surface area contributed by atoms with Crippen molar-refractivity contribution >= 4 is 5.84 Å². The van der Waals surface area contributed by atoms with Crippen LogP contribution in [0.25, 0.3) is 0 Å². The van der Waals surface area contributed by atoms with Crippen molar-refractivity contribution in [2.75, 3.05) is 7.05 Å². The largest absolute Gasteiger partial charge is 0.363 e. The number of fused-ring (bicyclic) bond motifs is 3. The van der Waals surface area contributed by atoms with Gasteiger partial charge in [-0.15, -0.1) is 0 Å². The molecule has 0 saturated heterocycles. The summed E-state index contributed by atoms with van der Waals surface area (Å²) < 4.78 is 0. The first-order valence-corrected chi connectivity index (χ1v) is 6.53. The molecule has 2 nitrogen and oxygen atoms in total. The molecule has 90 valence electrons. The number of benzene rings is 1. The summed E-state index contributed by atoms with van der Waals surface area (Å²) in [6, 6.07) is 0.426. The van der Waals surface area contributed by atoms with Gasteiger partial charge in [0.2, 0.25) is 0 Å². The lowest BCUT2D eigenvalue weighted by molar-refractivity contribution is 0.736. The van der Waals surface area contributed by atoms with Crippen LogP contribution in [0.5, 0.6) is 0 Å². The van der Waals surface area contributed by atoms with Crippen molar-refractivity contribution in [1.82, 2.24) is 5.32 Å². The summed E-state index contributed by atoms with van der Waals surface area (Å²) in [5.74, 6) is 1.09. The summed E-state index contributed by atoms with van der Waals surface area (Å²) in [4.78, 5) is 4.41. The Morgan fingerprint density at radius 1 is 1.12 bits per heavy atom. The molecule has 0 radical (unpaired) electrons. The maximum Gasteiger partial charge on any atom is 0.129 e. The summed E-state index contributed by atoms with van der Waals surface area (Å²) in [6.07, 6.45) is 3.83. The van der Waals surface area contributed by atoms with Gasteiger partial charge in [0, 0.05) is 12.6 Å². The number of nitrogens with one attached hydrogen (secondary N) is 1. The van der Waals surface area contributed by atoms with Gasteiger partial charge in [-0.25, -0.2) is 0 Å². The molecule has 2 aliphatic rings. The molecule has 1 heterocycles. The van der Waals surface area contributed by atoms with Crippen LogP contribution in [0.3, 0.4) is 0 Å². The molecule has 0 aromatic heterocycles. The lowest BCUT2D eigenvalue weighted by Crippen LogP contribution is -2.18. The van der Waals surface area contributed by atoms with E-state index in [1.54, 1.807) is 11.1 Å². The highest BCUT2D eigenvalue weighted by Crippen LogP contribution is 2.39. The number of hydrogen-bond acceptors (Lipinski definition) is 1. The van der Waals surface area contributed by atoms with E-state index in [-0.39, 0.29) is 0 Å². The minimum atomic E-state index is 0.426. The average molecular weight is 228 g/mol. The highest BCUT2D eigenvalue weighted by atomic mass is 15.0. The summed E-state index contributed by atoms with van der Waals surface area (Å²) in [6.45, 7) is 6.78. The van der Waals surface area contributed by atoms with E-state index in [1.807, 2.05) is 7.05 Å². The van der Waals surface area contributed by atoms with Crippen LogP contribution >= 0.6 is 0 Å². The van der Waals surface area contributed by atoms with Crippen molar-refractivity contribution < 1.29 is 0 Å². The van der Waals surface area contributed by atoms with Crippen molar-refractivity contribution in [2.45, 2.75) is 46.1 Å². The van der Waals surface area contributed by atoms with Crippen molar-refractivity contribution in [3.05, 3.63) is 33.4 Å². The molecule has 1 aromatic rings. The molecule has 1 N–H and O–H groups in total. The van der Waals surface area contributed by atoms with Gasteiger partial charge < -0.3 is 5.32 Å². The van der Waals surface area contributed by atoms with Crippen molar-refractivity contribution in [1.29, 1.82) is 0 Å². The topological polar surface area (TPSA) is 24.4 Å². The lowest BCUT2D eigenvalue weighted by Gasteiger charge is -2.16. The summed E-state index contributed by atoms with van der Waals surface area (Å²) in [5, 5.41) is 3.52. The second kappa shape index (κ2) is 3.59. The molecule has 1 unspecified atom stereocenters. The van der Waals surface area contributed by atoms with E-state index in [2.05, 4.69) is 31.1 Å². The minimum Gasteiger partial charge on any atom is -0.363 e. The Kier molecular flexibility index (Phi) is 2.29. The molecule has 0 spiro atoms. The minimum absolute atomic E-state index is 0.426. The Labute approximate surface area is 103 Å². The summed E-state index contributed by atoms with van der Waals surface area (Å²) in [5.41, 5.74) is 9.07. The predicted octanol–water partition coefficient (Wildman–Crippen LogP) is 2.83. The zero-order chi connectivity index (χ0) is 12.2. The molecule has 3 rings (SSSR count). The van der Waals surface area contributed by atoms with Gasteiger partial charge >= 0.3 is 0 Å². The Morgan fingerprint density at radius 2 is 1.82 bits per heavy atom. The van der Waals surface area contributed by atoms with Crippen molar-refractivity contribution in [3.8, 4) is 0 Å². The molecule has 0 amide bonds. The van der Waals surface area contributed by atoms with Crippen LogP contribution in [0.2, 0.25) is 0 Å². The Morgan fingerprint density at radius 3 is 2.53 bits per heavy atom. The average Bonchev–Trinajstić information content (AvgIpc) is 2.89. The quantitative estimate of drug-likeness (QED) is 0.725. The maximum absolute atomic E-state index is 4.41. The number of nitrogens with zero attached hydrogens (tertiary/aromatic N) is 1. The third kappa shape index (κ3) is 1.30. The molecule has 0 bridgehead atoms. The fraction of sp³-hybridized carbons (Fsp3) is 0.533. The zero-order valence-corrected chi connectivity index (χ0v) is 11.1. The molecule has 1 aliphatic heterocycles. The van der Waals surface area contributed by atoms with Gasteiger partial charge in [-0.2, -0.15) is 0 Å². The Hall–Kier alpha value is -1.31. The molecular formula is C15H20N2. The van der Waals surface area contributed by atoms with E-state index in [4.69, 9.17) is 0 Å². The zero-order valence-electron chi connectivity index (χ0n) is 11.1. The lowest BCUT2D eigenvalue weighted by atomic mass is 9.88. The summed E-state index contributed by atoms with van der Waals surface area (Å²) in [7, 11) is 1.88. The van der Waals surface area contributed by atoms with Crippen molar-refractivity contribution in [2.24, 2.45) is 4.99 Å². The molecule has 17 heavy (non-hydrogen) atoms. The maximum atomic E-state index is 4.41.